The minimum Gasteiger partial charge on any atom is -0.369 e. The lowest BCUT2D eigenvalue weighted by Crippen LogP contribution is -2.04. The number of fused-ring (bicyclic) bond motifs is 1. The molecule has 2 aromatic heterocycles. The fourth-order valence-corrected chi connectivity index (χ4v) is 1.99. The highest BCUT2D eigenvalue weighted by Crippen LogP contribution is 2.23. The lowest BCUT2D eigenvalue weighted by molar-refractivity contribution is 0.389. The van der Waals surface area contributed by atoms with Gasteiger partial charge in [0.25, 0.3) is 0 Å². The maximum Gasteiger partial charge on any atom is 0.201 e. The number of aryl methyl sites for hydroxylation is 1. The molecule has 7 heteroatoms. The molecule has 0 bridgehead atoms. The monoisotopic (exact) mass is 264 g/mol. The average molecular weight is 264 g/mol. The van der Waals surface area contributed by atoms with Gasteiger partial charge in [-0.1, -0.05) is 5.16 Å². The predicted octanol–water partition coefficient (Wildman–Crippen LogP) is 2.24. The number of halogens is 2. The van der Waals surface area contributed by atoms with E-state index in [4.69, 9.17) is 10.3 Å². The van der Waals surface area contributed by atoms with Crippen LogP contribution in [0.1, 0.15) is 11.5 Å². The van der Waals surface area contributed by atoms with Crippen LogP contribution in [0.15, 0.2) is 22.7 Å². The predicted molar refractivity (Wildman–Crippen MR) is 64.4 cm³/mol. The number of nitrogens with zero attached hydrogens (tertiary/aromatic N) is 3. The molecule has 0 aliphatic heterocycles. The second-order valence-electron chi connectivity index (χ2n) is 4.24. The van der Waals surface area contributed by atoms with Gasteiger partial charge in [-0.2, -0.15) is 0 Å². The quantitative estimate of drug-likeness (QED) is 0.770. The maximum absolute atomic E-state index is 13.6. The normalized spacial score (nSPS) is 11.3. The molecule has 3 rings (SSSR count). The third kappa shape index (κ3) is 1.92. The molecule has 0 radical (unpaired) electrons. The van der Waals surface area contributed by atoms with Gasteiger partial charge in [-0.3, -0.25) is 0 Å². The third-order valence-corrected chi connectivity index (χ3v) is 2.80. The van der Waals surface area contributed by atoms with Crippen molar-refractivity contribution in [2.24, 2.45) is 0 Å². The van der Waals surface area contributed by atoms with Crippen LogP contribution in [0.5, 0.6) is 0 Å². The molecule has 1 aromatic carbocycles. The summed E-state index contributed by atoms with van der Waals surface area (Å²) in [5.41, 5.74) is 6.66. The minimum atomic E-state index is -0.739. The van der Waals surface area contributed by atoms with Crippen molar-refractivity contribution < 1.29 is 13.3 Å². The number of anilines is 1. The summed E-state index contributed by atoms with van der Waals surface area (Å²) >= 11 is 0. The highest BCUT2D eigenvalue weighted by molar-refractivity contribution is 5.79. The van der Waals surface area contributed by atoms with Crippen molar-refractivity contribution in [1.29, 1.82) is 0 Å². The van der Waals surface area contributed by atoms with Crippen LogP contribution in [0, 0.1) is 18.6 Å². The van der Waals surface area contributed by atoms with Crippen LogP contribution in [0.4, 0.5) is 14.7 Å². The highest BCUT2D eigenvalue weighted by Gasteiger charge is 2.15. The average Bonchev–Trinajstić information content (AvgIpc) is 2.87. The van der Waals surface area contributed by atoms with Gasteiger partial charge in [0.2, 0.25) is 5.95 Å². The number of aromatic nitrogens is 3. The largest absolute Gasteiger partial charge is 0.369 e. The lowest BCUT2D eigenvalue weighted by Gasteiger charge is -2.03. The van der Waals surface area contributed by atoms with Crippen LogP contribution in [0.2, 0.25) is 0 Å². The van der Waals surface area contributed by atoms with Gasteiger partial charge >= 0.3 is 0 Å². The van der Waals surface area contributed by atoms with Gasteiger partial charge in [-0.05, 0) is 6.92 Å². The Labute approximate surface area is 106 Å². The highest BCUT2D eigenvalue weighted by atomic mass is 19.1. The summed E-state index contributed by atoms with van der Waals surface area (Å²) in [6, 6.07) is 3.69. The Kier molecular flexibility index (Phi) is 2.48. The zero-order valence-corrected chi connectivity index (χ0v) is 10.0. The zero-order chi connectivity index (χ0) is 13.6. The van der Waals surface area contributed by atoms with Gasteiger partial charge in [0.05, 0.1) is 12.1 Å². The number of rotatable bonds is 2. The Balaban J connectivity index is 2.15. The first-order valence-electron chi connectivity index (χ1n) is 5.57. The van der Waals surface area contributed by atoms with Crippen LogP contribution >= 0.6 is 0 Å². The van der Waals surface area contributed by atoms with Crippen LogP contribution < -0.4 is 5.73 Å². The first kappa shape index (κ1) is 11.6. The molecule has 0 saturated heterocycles. The molecule has 0 spiro atoms. The van der Waals surface area contributed by atoms with Gasteiger partial charge in [0, 0.05) is 18.2 Å². The van der Waals surface area contributed by atoms with Gasteiger partial charge in [0.15, 0.2) is 5.82 Å². The van der Waals surface area contributed by atoms with Crippen molar-refractivity contribution in [3.63, 3.8) is 0 Å². The molecule has 0 amide bonds. The fraction of sp³-hybridized carbons (Fsp3) is 0.167. The van der Waals surface area contributed by atoms with Crippen LogP contribution in [0.3, 0.4) is 0 Å². The standard InChI is InChI=1S/C12H10F2N4O/c1-6-2-8(17-19-6)5-18-10-4-7(13)3-9(14)11(10)16-12(18)15/h2-4H,5H2,1H3,(H2,15,16). The van der Waals surface area contributed by atoms with Crippen LogP contribution in [-0.2, 0) is 6.54 Å². The van der Waals surface area contributed by atoms with E-state index < -0.39 is 11.6 Å². The number of hydrogen-bond acceptors (Lipinski definition) is 4. The van der Waals surface area contributed by atoms with Crippen molar-refractivity contribution >= 4 is 17.0 Å². The molecular weight excluding hydrogens is 254 g/mol. The Hall–Kier alpha value is -2.44. The van der Waals surface area contributed by atoms with E-state index >= 15 is 0 Å². The maximum atomic E-state index is 13.6. The lowest BCUT2D eigenvalue weighted by atomic mass is 10.3. The van der Waals surface area contributed by atoms with Crippen molar-refractivity contribution in [3.05, 3.63) is 41.3 Å². The Morgan fingerprint density at radius 2 is 2.11 bits per heavy atom. The summed E-state index contributed by atoms with van der Waals surface area (Å²) in [5, 5.41) is 3.82. The summed E-state index contributed by atoms with van der Waals surface area (Å²) in [6.45, 7) is 1.99. The smallest absolute Gasteiger partial charge is 0.201 e. The molecular formula is C12H10F2N4O. The van der Waals surface area contributed by atoms with Crippen molar-refractivity contribution in [2.45, 2.75) is 13.5 Å². The number of benzene rings is 1. The van der Waals surface area contributed by atoms with Crippen molar-refractivity contribution in [2.75, 3.05) is 5.73 Å². The number of nitrogen functional groups attached to an aromatic ring is 1. The Morgan fingerprint density at radius 3 is 2.79 bits per heavy atom. The van der Waals surface area contributed by atoms with E-state index in [9.17, 15) is 8.78 Å². The van der Waals surface area contributed by atoms with Gasteiger partial charge in [-0.25, -0.2) is 13.8 Å². The molecule has 0 saturated carbocycles. The number of hydrogen-bond donors (Lipinski definition) is 1. The fourth-order valence-electron chi connectivity index (χ4n) is 1.99. The van der Waals surface area contributed by atoms with E-state index in [2.05, 4.69) is 10.1 Å². The molecule has 0 aliphatic carbocycles. The molecule has 2 heterocycles. The van der Waals surface area contributed by atoms with Gasteiger partial charge < -0.3 is 14.8 Å². The molecule has 0 unspecified atom stereocenters. The summed E-state index contributed by atoms with van der Waals surface area (Å²) < 4.78 is 33.3. The van der Waals surface area contributed by atoms with Crippen LogP contribution in [-0.4, -0.2) is 14.7 Å². The summed E-state index contributed by atoms with van der Waals surface area (Å²) in [6.07, 6.45) is 0. The van der Waals surface area contributed by atoms with E-state index in [0.717, 1.165) is 6.07 Å². The first-order valence-corrected chi connectivity index (χ1v) is 5.57. The molecule has 0 aliphatic rings. The zero-order valence-electron chi connectivity index (χ0n) is 10.0. The first-order chi connectivity index (χ1) is 9.04. The summed E-state index contributed by atoms with van der Waals surface area (Å²) in [7, 11) is 0. The van der Waals surface area contributed by atoms with E-state index in [0.29, 0.717) is 11.5 Å². The van der Waals surface area contributed by atoms with E-state index in [1.807, 2.05) is 0 Å². The van der Waals surface area contributed by atoms with Gasteiger partial charge in [-0.15, -0.1) is 0 Å². The molecule has 0 fully saturated rings. The molecule has 19 heavy (non-hydrogen) atoms. The van der Waals surface area contributed by atoms with Gasteiger partial charge in [0.1, 0.15) is 22.8 Å². The van der Waals surface area contributed by atoms with E-state index in [1.54, 1.807) is 13.0 Å². The Bertz CT molecular complexity index is 763. The van der Waals surface area contributed by atoms with Crippen molar-refractivity contribution in [3.8, 4) is 0 Å². The topological polar surface area (TPSA) is 69.9 Å². The molecule has 3 aromatic rings. The second kappa shape index (κ2) is 4.04. The third-order valence-electron chi connectivity index (χ3n) is 2.80. The molecule has 2 N–H and O–H groups in total. The number of imidazole rings is 1. The van der Waals surface area contributed by atoms with Crippen LogP contribution in [0.25, 0.3) is 11.0 Å². The molecule has 5 nitrogen and oxygen atoms in total. The second-order valence-corrected chi connectivity index (χ2v) is 4.24. The number of nitrogens with two attached hydrogens (primary N) is 1. The van der Waals surface area contributed by atoms with E-state index in [-0.39, 0.29) is 23.5 Å². The van der Waals surface area contributed by atoms with E-state index in [1.165, 1.54) is 10.6 Å². The SMILES string of the molecule is Cc1cc(Cn2c(N)nc3c(F)cc(F)cc32)no1. The minimum absolute atomic E-state index is 0.0408. The van der Waals surface area contributed by atoms with Crippen molar-refractivity contribution in [1.82, 2.24) is 14.7 Å². The molecule has 0 atom stereocenters. The summed E-state index contributed by atoms with van der Waals surface area (Å²) in [5.74, 6) is -0.672. The molecule has 98 valence electrons. The Morgan fingerprint density at radius 1 is 1.32 bits per heavy atom. The summed E-state index contributed by atoms with van der Waals surface area (Å²) in [4.78, 5) is 3.90.